The number of benzene rings is 5. The van der Waals surface area contributed by atoms with E-state index >= 15 is 0 Å². The van der Waals surface area contributed by atoms with Crippen LogP contribution < -0.4 is 5.43 Å². The van der Waals surface area contributed by atoms with E-state index in [0.29, 0.717) is 27.9 Å². The van der Waals surface area contributed by atoms with Crippen molar-refractivity contribution in [1.29, 1.82) is 0 Å². The van der Waals surface area contributed by atoms with Gasteiger partial charge in [-0.15, -0.1) is 0 Å². The van der Waals surface area contributed by atoms with Crippen molar-refractivity contribution in [2.45, 2.75) is 0 Å². The molecule has 0 N–H and O–H groups in total. The molecule has 174 valence electrons. The Balaban J connectivity index is 1.49. The summed E-state index contributed by atoms with van der Waals surface area (Å²) in [6.45, 7) is 0. The third kappa shape index (κ3) is 2.79. The summed E-state index contributed by atoms with van der Waals surface area (Å²) in [6.07, 6.45) is 0. The summed E-state index contributed by atoms with van der Waals surface area (Å²) in [5, 5.41) is 3.56. The van der Waals surface area contributed by atoms with Crippen LogP contribution in [0.15, 0.2) is 124 Å². The van der Waals surface area contributed by atoms with Gasteiger partial charge in [-0.1, -0.05) is 66.7 Å². The molecular weight excluding hydrogens is 458 g/mol. The van der Waals surface area contributed by atoms with Crippen molar-refractivity contribution in [2.75, 3.05) is 0 Å². The first-order chi connectivity index (χ1) is 18.3. The minimum atomic E-state index is -0.0129. The number of aromatic nitrogens is 3. The molecule has 0 aliphatic carbocycles. The van der Waals surface area contributed by atoms with E-state index in [1.165, 1.54) is 0 Å². The van der Waals surface area contributed by atoms with Gasteiger partial charge in [0.1, 0.15) is 5.52 Å². The molecule has 0 saturated heterocycles. The number of hydrogen-bond donors (Lipinski definition) is 0. The van der Waals surface area contributed by atoms with Crippen LogP contribution in [-0.4, -0.2) is 14.1 Å². The molecule has 0 saturated carbocycles. The highest BCUT2D eigenvalue weighted by molar-refractivity contribution is 6.09. The van der Waals surface area contributed by atoms with E-state index in [1.54, 1.807) is 0 Å². The Labute approximate surface area is 210 Å². The first-order valence-corrected chi connectivity index (χ1v) is 12.2. The van der Waals surface area contributed by atoms with Crippen LogP contribution in [0.25, 0.3) is 66.4 Å². The number of pyridine rings is 1. The monoisotopic (exact) mass is 477 g/mol. The Kier molecular flexibility index (Phi) is 4.03. The van der Waals surface area contributed by atoms with Gasteiger partial charge in [-0.2, -0.15) is 4.98 Å². The smallest absolute Gasteiger partial charge is 0.307 e. The van der Waals surface area contributed by atoms with Gasteiger partial charge in [0.05, 0.1) is 22.1 Å². The van der Waals surface area contributed by atoms with Gasteiger partial charge in [0.2, 0.25) is 0 Å². The molecule has 5 aromatic carbocycles. The quantitative estimate of drug-likeness (QED) is 0.244. The summed E-state index contributed by atoms with van der Waals surface area (Å²) in [6, 6.07) is 38.6. The molecule has 5 nitrogen and oxygen atoms in total. The Morgan fingerprint density at radius 1 is 0.541 bits per heavy atom. The summed E-state index contributed by atoms with van der Waals surface area (Å²) >= 11 is 0. The zero-order valence-electron chi connectivity index (χ0n) is 19.6. The molecule has 3 aromatic heterocycles. The summed E-state index contributed by atoms with van der Waals surface area (Å²) in [5.41, 5.74) is 5.93. The SMILES string of the molecule is O=c1c2ccccc2n(-c2ccccc2)c2cc3oc(-n4c5ccccc5c5ccccc54)nc3cc12. The third-order valence-electron chi connectivity index (χ3n) is 7.16. The number of para-hydroxylation sites is 4. The van der Waals surface area contributed by atoms with E-state index in [-0.39, 0.29) is 5.43 Å². The summed E-state index contributed by atoms with van der Waals surface area (Å²) in [7, 11) is 0. The zero-order valence-corrected chi connectivity index (χ0v) is 19.6. The van der Waals surface area contributed by atoms with E-state index in [9.17, 15) is 4.79 Å². The highest BCUT2D eigenvalue weighted by atomic mass is 16.4. The second kappa shape index (κ2) is 7.42. The predicted octanol–water partition coefficient (Wildman–Crippen LogP) is 7.38. The van der Waals surface area contributed by atoms with Crippen LogP contribution in [0.2, 0.25) is 0 Å². The van der Waals surface area contributed by atoms with E-state index in [1.807, 2.05) is 91.0 Å². The lowest BCUT2D eigenvalue weighted by Crippen LogP contribution is -2.10. The molecule has 0 aliphatic rings. The lowest BCUT2D eigenvalue weighted by Gasteiger charge is -2.15. The van der Waals surface area contributed by atoms with Gasteiger partial charge < -0.3 is 8.98 Å². The Morgan fingerprint density at radius 2 is 1.11 bits per heavy atom. The highest BCUT2D eigenvalue weighted by Gasteiger charge is 2.19. The lowest BCUT2D eigenvalue weighted by atomic mass is 10.1. The highest BCUT2D eigenvalue weighted by Crippen LogP contribution is 2.34. The summed E-state index contributed by atoms with van der Waals surface area (Å²) in [5.74, 6) is 0. The van der Waals surface area contributed by atoms with Crippen molar-refractivity contribution in [3.05, 3.63) is 125 Å². The van der Waals surface area contributed by atoms with Gasteiger partial charge in [-0.3, -0.25) is 9.36 Å². The van der Waals surface area contributed by atoms with Crippen molar-refractivity contribution in [3.63, 3.8) is 0 Å². The first kappa shape index (κ1) is 20.1. The third-order valence-corrected chi connectivity index (χ3v) is 7.16. The molecule has 0 spiro atoms. The minimum absolute atomic E-state index is 0.0129. The van der Waals surface area contributed by atoms with Crippen LogP contribution >= 0.6 is 0 Å². The molecular formula is C32H19N3O2. The molecule has 3 heterocycles. The van der Waals surface area contributed by atoms with Crippen molar-refractivity contribution >= 4 is 54.7 Å². The molecule has 0 radical (unpaired) electrons. The van der Waals surface area contributed by atoms with Crippen molar-refractivity contribution in [3.8, 4) is 11.7 Å². The van der Waals surface area contributed by atoms with Crippen molar-refractivity contribution in [2.24, 2.45) is 0 Å². The second-order valence-corrected chi connectivity index (χ2v) is 9.22. The van der Waals surface area contributed by atoms with Crippen LogP contribution in [0.1, 0.15) is 0 Å². The minimum Gasteiger partial charge on any atom is -0.423 e. The number of oxazole rings is 1. The van der Waals surface area contributed by atoms with E-state index in [4.69, 9.17) is 9.40 Å². The molecule has 0 unspecified atom stereocenters. The fraction of sp³-hybridized carbons (Fsp3) is 0. The molecule has 0 bridgehead atoms. The average Bonchev–Trinajstić information content (AvgIpc) is 3.51. The number of nitrogens with zero attached hydrogens (tertiary/aromatic N) is 3. The summed E-state index contributed by atoms with van der Waals surface area (Å²) in [4.78, 5) is 18.5. The standard InChI is InChI=1S/C32H19N3O2/c36-31-23-14-6-9-17-28(23)34(20-10-2-1-3-11-20)29-19-30-25(18-24(29)31)33-32(37-30)35-26-15-7-4-12-21(26)22-13-5-8-16-27(22)35/h1-19H. The number of rotatable bonds is 2. The first-order valence-electron chi connectivity index (χ1n) is 12.2. The van der Waals surface area contributed by atoms with E-state index < -0.39 is 0 Å². The molecule has 0 atom stereocenters. The molecule has 8 rings (SSSR count). The Morgan fingerprint density at radius 3 is 1.78 bits per heavy atom. The molecule has 37 heavy (non-hydrogen) atoms. The van der Waals surface area contributed by atoms with Gasteiger partial charge in [-0.05, 0) is 42.5 Å². The van der Waals surface area contributed by atoms with Crippen molar-refractivity contribution in [1.82, 2.24) is 14.1 Å². The maximum Gasteiger partial charge on any atom is 0.307 e. The number of hydrogen-bond acceptors (Lipinski definition) is 3. The maximum absolute atomic E-state index is 13.6. The average molecular weight is 478 g/mol. The van der Waals surface area contributed by atoms with Crippen LogP contribution in [0, 0.1) is 0 Å². The maximum atomic E-state index is 13.6. The van der Waals surface area contributed by atoms with Gasteiger partial charge in [0.25, 0.3) is 0 Å². The van der Waals surface area contributed by atoms with Crippen molar-refractivity contribution < 1.29 is 4.42 Å². The summed E-state index contributed by atoms with van der Waals surface area (Å²) < 4.78 is 10.6. The molecule has 0 amide bonds. The second-order valence-electron chi connectivity index (χ2n) is 9.22. The number of fused-ring (bicyclic) bond motifs is 6. The van der Waals surface area contributed by atoms with Gasteiger partial charge in [-0.25, -0.2) is 0 Å². The van der Waals surface area contributed by atoms with Crippen LogP contribution in [0.5, 0.6) is 0 Å². The Bertz CT molecular complexity index is 2170. The fourth-order valence-corrected chi connectivity index (χ4v) is 5.53. The normalized spacial score (nSPS) is 11.9. The zero-order chi connectivity index (χ0) is 24.5. The van der Waals surface area contributed by atoms with Gasteiger partial charge >= 0.3 is 6.01 Å². The molecule has 8 aromatic rings. The van der Waals surface area contributed by atoms with Gasteiger partial charge in [0, 0.05) is 33.3 Å². The van der Waals surface area contributed by atoms with E-state index in [2.05, 4.69) is 33.4 Å². The van der Waals surface area contributed by atoms with Gasteiger partial charge in [0.15, 0.2) is 11.0 Å². The van der Waals surface area contributed by atoms with Crippen LogP contribution in [-0.2, 0) is 0 Å². The fourth-order valence-electron chi connectivity index (χ4n) is 5.53. The van der Waals surface area contributed by atoms with E-state index in [0.717, 1.165) is 38.5 Å². The largest absolute Gasteiger partial charge is 0.423 e. The lowest BCUT2D eigenvalue weighted by molar-refractivity contribution is 0.574. The van der Waals surface area contributed by atoms with Crippen LogP contribution in [0.4, 0.5) is 0 Å². The topological polar surface area (TPSA) is 53.0 Å². The predicted molar refractivity (Wildman–Crippen MR) is 149 cm³/mol. The Hall–Kier alpha value is -5.16. The molecule has 0 fully saturated rings. The molecule has 0 aliphatic heterocycles. The van der Waals surface area contributed by atoms with Crippen LogP contribution in [0.3, 0.4) is 0 Å². The molecule has 5 heteroatoms.